The molecule has 1 saturated heterocycles. The van der Waals surface area contributed by atoms with Gasteiger partial charge in [0.1, 0.15) is 0 Å². The summed E-state index contributed by atoms with van der Waals surface area (Å²) < 4.78 is 5.47. The van der Waals surface area contributed by atoms with Crippen LogP contribution >= 0.6 is 0 Å². The lowest BCUT2D eigenvalue weighted by Crippen LogP contribution is -2.67. The number of carbonyl (C=O) groups excluding carboxylic acids is 1. The van der Waals surface area contributed by atoms with Crippen LogP contribution in [0.3, 0.4) is 0 Å². The van der Waals surface area contributed by atoms with Gasteiger partial charge >= 0.3 is 0 Å². The predicted octanol–water partition coefficient (Wildman–Crippen LogP) is 2.43. The summed E-state index contributed by atoms with van der Waals surface area (Å²) in [4.78, 5) is 15.1. The highest BCUT2D eigenvalue weighted by atomic mass is 16.5. The van der Waals surface area contributed by atoms with Crippen LogP contribution in [0.1, 0.15) is 52.4 Å². The number of ether oxygens (including phenoxy) is 1. The Kier molecular flexibility index (Phi) is 4.17. The van der Waals surface area contributed by atoms with Gasteiger partial charge in [0.25, 0.3) is 0 Å². The summed E-state index contributed by atoms with van der Waals surface area (Å²) >= 11 is 0. The second-order valence-corrected chi connectivity index (χ2v) is 8.98. The Bertz CT molecular complexity index is 458. The van der Waals surface area contributed by atoms with Gasteiger partial charge in [-0.2, -0.15) is 0 Å². The highest BCUT2D eigenvalue weighted by Crippen LogP contribution is 2.50. The van der Waals surface area contributed by atoms with Crippen molar-refractivity contribution in [3.63, 3.8) is 0 Å². The fourth-order valence-corrected chi connectivity index (χ4v) is 5.77. The van der Waals surface area contributed by atoms with E-state index in [1.54, 1.807) is 0 Å². The minimum atomic E-state index is 0.182. The molecular weight excluding hydrogens is 288 g/mol. The van der Waals surface area contributed by atoms with Gasteiger partial charge in [0.2, 0.25) is 5.91 Å². The van der Waals surface area contributed by atoms with Crippen molar-refractivity contribution >= 4 is 5.91 Å². The molecule has 0 aromatic heterocycles. The van der Waals surface area contributed by atoms with E-state index in [2.05, 4.69) is 24.1 Å². The first-order valence-corrected chi connectivity index (χ1v) is 9.65. The maximum atomic E-state index is 12.5. The average Bonchev–Trinajstić information content (AvgIpc) is 3.14. The molecule has 5 unspecified atom stereocenters. The van der Waals surface area contributed by atoms with Crippen LogP contribution in [-0.4, -0.2) is 49.2 Å². The third kappa shape index (κ3) is 2.93. The Morgan fingerprint density at radius 2 is 1.96 bits per heavy atom. The molecule has 4 aliphatic rings. The molecule has 1 aliphatic heterocycles. The number of rotatable bonds is 4. The SMILES string of the molecule is CC1(C)C(NC(=O)CC2CC3CCC2C3)CC1N1CCOCC1. The first kappa shape index (κ1) is 15.9. The molecule has 0 spiro atoms. The molecule has 4 rings (SSSR count). The number of nitrogens with zero attached hydrogens (tertiary/aromatic N) is 1. The van der Waals surface area contributed by atoms with Gasteiger partial charge in [-0.3, -0.25) is 9.69 Å². The molecule has 3 saturated carbocycles. The number of hydrogen-bond acceptors (Lipinski definition) is 3. The lowest BCUT2D eigenvalue weighted by molar-refractivity contribution is -0.129. The largest absolute Gasteiger partial charge is 0.379 e. The molecule has 0 radical (unpaired) electrons. The first-order valence-electron chi connectivity index (χ1n) is 9.65. The number of amides is 1. The van der Waals surface area contributed by atoms with E-state index in [4.69, 9.17) is 4.74 Å². The minimum absolute atomic E-state index is 0.182. The molecule has 4 nitrogen and oxygen atoms in total. The fourth-order valence-electron chi connectivity index (χ4n) is 5.77. The summed E-state index contributed by atoms with van der Waals surface area (Å²) in [6.45, 7) is 8.43. The molecular formula is C19H32N2O2. The monoisotopic (exact) mass is 320 g/mol. The number of morpholine rings is 1. The third-order valence-electron chi connectivity index (χ3n) is 7.37. The van der Waals surface area contributed by atoms with E-state index in [1.165, 1.54) is 25.7 Å². The summed E-state index contributed by atoms with van der Waals surface area (Å²) in [5, 5.41) is 3.37. The molecule has 1 amide bonds. The van der Waals surface area contributed by atoms with Crippen LogP contribution in [-0.2, 0) is 9.53 Å². The molecule has 3 aliphatic carbocycles. The van der Waals surface area contributed by atoms with Gasteiger partial charge in [0.05, 0.1) is 13.2 Å². The molecule has 4 heteroatoms. The molecule has 1 N–H and O–H groups in total. The van der Waals surface area contributed by atoms with Crippen molar-refractivity contribution in [1.29, 1.82) is 0 Å². The van der Waals surface area contributed by atoms with Crippen molar-refractivity contribution in [2.75, 3.05) is 26.3 Å². The van der Waals surface area contributed by atoms with Crippen LogP contribution in [0.15, 0.2) is 0 Å². The highest BCUT2D eigenvalue weighted by molar-refractivity contribution is 5.77. The van der Waals surface area contributed by atoms with E-state index in [-0.39, 0.29) is 5.41 Å². The molecule has 2 bridgehead atoms. The van der Waals surface area contributed by atoms with Crippen molar-refractivity contribution < 1.29 is 9.53 Å². The zero-order valence-corrected chi connectivity index (χ0v) is 14.7. The van der Waals surface area contributed by atoms with Gasteiger partial charge < -0.3 is 10.1 Å². The van der Waals surface area contributed by atoms with E-state index >= 15 is 0 Å². The van der Waals surface area contributed by atoms with Crippen LogP contribution in [0, 0.1) is 23.2 Å². The molecule has 23 heavy (non-hydrogen) atoms. The van der Waals surface area contributed by atoms with Gasteiger partial charge in [-0.15, -0.1) is 0 Å². The van der Waals surface area contributed by atoms with E-state index in [0.717, 1.165) is 51.0 Å². The predicted molar refractivity (Wildman–Crippen MR) is 90.1 cm³/mol. The zero-order valence-electron chi connectivity index (χ0n) is 14.7. The zero-order chi connectivity index (χ0) is 16.0. The number of fused-ring (bicyclic) bond motifs is 2. The van der Waals surface area contributed by atoms with E-state index in [0.29, 0.717) is 23.9 Å². The quantitative estimate of drug-likeness (QED) is 0.865. The van der Waals surface area contributed by atoms with Crippen molar-refractivity contribution in [2.45, 2.75) is 64.5 Å². The Balaban J connectivity index is 1.27. The normalized spacial score (nSPS) is 42.4. The average molecular weight is 320 g/mol. The summed E-state index contributed by atoms with van der Waals surface area (Å²) in [6.07, 6.45) is 7.37. The van der Waals surface area contributed by atoms with Crippen molar-refractivity contribution in [2.24, 2.45) is 23.2 Å². The second-order valence-electron chi connectivity index (χ2n) is 8.98. The maximum absolute atomic E-state index is 12.5. The van der Waals surface area contributed by atoms with Gasteiger partial charge in [0, 0.05) is 37.0 Å². The number of nitrogens with one attached hydrogen (secondary N) is 1. The summed E-state index contributed by atoms with van der Waals surface area (Å²) in [7, 11) is 0. The van der Waals surface area contributed by atoms with Crippen LogP contribution in [0.4, 0.5) is 0 Å². The standard InChI is InChI=1S/C19H32N2O2/c1-19(2)16(12-17(19)21-5-7-23-8-6-21)20-18(22)11-15-10-13-3-4-14(15)9-13/h13-17H,3-12H2,1-2H3,(H,20,22). The van der Waals surface area contributed by atoms with Crippen LogP contribution in [0.5, 0.6) is 0 Å². The van der Waals surface area contributed by atoms with Crippen LogP contribution in [0.25, 0.3) is 0 Å². The Morgan fingerprint density at radius 3 is 2.57 bits per heavy atom. The number of hydrogen-bond donors (Lipinski definition) is 1. The molecule has 1 heterocycles. The van der Waals surface area contributed by atoms with Crippen molar-refractivity contribution in [3.8, 4) is 0 Å². The van der Waals surface area contributed by atoms with E-state index < -0.39 is 0 Å². The third-order valence-corrected chi connectivity index (χ3v) is 7.37. The van der Waals surface area contributed by atoms with Crippen molar-refractivity contribution in [1.82, 2.24) is 10.2 Å². The summed E-state index contributed by atoms with van der Waals surface area (Å²) in [6, 6.07) is 0.945. The molecule has 0 aromatic carbocycles. The van der Waals surface area contributed by atoms with Gasteiger partial charge in [0.15, 0.2) is 0 Å². The van der Waals surface area contributed by atoms with Gasteiger partial charge in [-0.05, 0) is 43.4 Å². The van der Waals surface area contributed by atoms with Crippen LogP contribution in [0.2, 0.25) is 0 Å². The minimum Gasteiger partial charge on any atom is -0.379 e. The van der Waals surface area contributed by atoms with E-state index in [9.17, 15) is 4.79 Å². The molecule has 0 aromatic rings. The summed E-state index contributed by atoms with van der Waals surface area (Å²) in [5.74, 6) is 2.76. The van der Waals surface area contributed by atoms with E-state index in [1.807, 2.05) is 0 Å². The van der Waals surface area contributed by atoms with Crippen molar-refractivity contribution in [3.05, 3.63) is 0 Å². The lowest BCUT2D eigenvalue weighted by Gasteiger charge is -2.57. The molecule has 5 atom stereocenters. The Morgan fingerprint density at radius 1 is 1.17 bits per heavy atom. The van der Waals surface area contributed by atoms with Gasteiger partial charge in [-0.1, -0.05) is 20.3 Å². The van der Waals surface area contributed by atoms with Gasteiger partial charge in [-0.25, -0.2) is 0 Å². The smallest absolute Gasteiger partial charge is 0.220 e. The van der Waals surface area contributed by atoms with Crippen LogP contribution < -0.4 is 5.32 Å². The highest BCUT2D eigenvalue weighted by Gasteiger charge is 2.51. The molecule has 4 fully saturated rings. The lowest BCUT2D eigenvalue weighted by atomic mass is 9.62. The number of carbonyl (C=O) groups is 1. The second kappa shape index (κ2) is 6.03. The Labute approximate surface area is 140 Å². The maximum Gasteiger partial charge on any atom is 0.220 e. The molecule has 130 valence electrons. The Hall–Kier alpha value is -0.610. The fraction of sp³-hybridized carbons (Fsp3) is 0.947. The topological polar surface area (TPSA) is 41.6 Å². The summed E-state index contributed by atoms with van der Waals surface area (Å²) in [5.41, 5.74) is 0.182. The first-order chi connectivity index (χ1) is 11.0.